The normalized spacial score (nSPS) is 10.9. The van der Waals surface area contributed by atoms with Gasteiger partial charge in [0.15, 0.2) is 0 Å². The van der Waals surface area contributed by atoms with E-state index < -0.39 is 0 Å². The van der Waals surface area contributed by atoms with Crippen LogP contribution in [-0.2, 0) is 6.54 Å². The number of hydrogen-bond donors (Lipinski definition) is 0. The fraction of sp³-hybridized carbons (Fsp3) is 0.0667. The number of tetrazole rings is 1. The number of nitrogens with zero attached hydrogens (tertiary/aromatic N) is 5. The van der Waals surface area contributed by atoms with Gasteiger partial charge in [-0.05, 0) is 16.7 Å². The largest absolute Gasteiger partial charge is 0.443 e. The molecule has 0 N–H and O–H groups in total. The van der Waals surface area contributed by atoms with Crippen molar-refractivity contribution in [2.24, 2.45) is 0 Å². The lowest BCUT2D eigenvalue weighted by atomic mass is 10.2. The topological polar surface area (TPSA) is 69.6 Å². The molecule has 0 atom stereocenters. The first-order chi connectivity index (χ1) is 10.9. The van der Waals surface area contributed by atoms with Gasteiger partial charge in [0.2, 0.25) is 11.7 Å². The number of oxazole rings is 1. The van der Waals surface area contributed by atoms with E-state index in [1.54, 1.807) is 17.6 Å². The lowest BCUT2D eigenvalue weighted by Gasteiger charge is -1.93. The van der Waals surface area contributed by atoms with Gasteiger partial charge in [-0.15, -0.1) is 21.5 Å². The predicted molar refractivity (Wildman–Crippen MR) is 82.2 cm³/mol. The van der Waals surface area contributed by atoms with Crippen molar-refractivity contribution in [3.63, 3.8) is 0 Å². The summed E-state index contributed by atoms with van der Waals surface area (Å²) in [4.78, 5) is 6.96. The van der Waals surface area contributed by atoms with Gasteiger partial charge in [-0.25, -0.2) is 4.98 Å². The van der Waals surface area contributed by atoms with Crippen LogP contribution < -0.4 is 0 Å². The minimum absolute atomic E-state index is 0.425. The van der Waals surface area contributed by atoms with E-state index in [2.05, 4.69) is 20.4 Å². The maximum Gasteiger partial charge on any atom is 0.236 e. The molecule has 0 unspecified atom stereocenters. The average Bonchev–Trinajstić information content (AvgIpc) is 3.30. The van der Waals surface area contributed by atoms with Gasteiger partial charge in [0.25, 0.3) is 0 Å². The van der Waals surface area contributed by atoms with E-state index in [1.165, 1.54) is 4.80 Å². The molecule has 7 heteroatoms. The van der Waals surface area contributed by atoms with Crippen molar-refractivity contribution in [2.45, 2.75) is 6.54 Å². The van der Waals surface area contributed by atoms with E-state index in [4.69, 9.17) is 4.42 Å². The van der Waals surface area contributed by atoms with Gasteiger partial charge >= 0.3 is 0 Å². The molecule has 108 valence electrons. The number of hydrogen-bond acceptors (Lipinski definition) is 6. The van der Waals surface area contributed by atoms with Crippen LogP contribution >= 0.6 is 11.3 Å². The maximum atomic E-state index is 5.48. The quantitative estimate of drug-likeness (QED) is 0.579. The average molecular weight is 309 g/mol. The third-order valence-corrected chi connectivity index (χ3v) is 3.93. The number of benzene rings is 1. The summed E-state index contributed by atoms with van der Waals surface area (Å²) >= 11 is 1.59. The highest BCUT2D eigenvalue weighted by Gasteiger charge is 2.10. The Morgan fingerprint density at radius 3 is 2.82 bits per heavy atom. The van der Waals surface area contributed by atoms with Crippen molar-refractivity contribution < 1.29 is 4.42 Å². The summed E-state index contributed by atoms with van der Waals surface area (Å²) in [6, 6.07) is 13.7. The summed E-state index contributed by atoms with van der Waals surface area (Å²) in [5.41, 5.74) is 1.70. The van der Waals surface area contributed by atoms with Crippen LogP contribution in [0.1, 0.15) is 5.69 Å². The van der Waals surface area contributed by atoms with E-state index in [0.29, 0.717) is 18.3 Å². The van der Waals surface area contributed by atoms with Gasteiger partial charge in [0.05, 0.1) is 4.88 Å². The number of thiophene rings is 1. The Balaban J connectivity index is 1.54. The molecular formula is C15H11N5OS. The third kappa shape index (κ3) is 2.53. The minimum atomic E-state index is 0.425. The van der Waals surface area contributed by atoms with E-state index in [-0.39, 0.29) is 0 Å². The van der Waals surface area contributed by atoms with Gasteiger partial charge in [-0.3, -0.25) is 0 Å². The van der Waals surface area contributed by atoms with Crippen molar-refractivity contribution in [2.75, 3.05) is 0 Å². The lowest BCUT2D eigenvalue weighted by molar-refractivity contribution is 0.550. The molecule has 3 aromatic heterocycles. The molecule has 1 aromatic carbocycles. The Kier molecular flexibility index (Phi) is 3.24. The molecule has 4 rings (SSSR count). The highest BCUT2D eigenvalue weighted by Crippen LogP contribution is 2.23. The number of rotatable bonds is 4. The monoisotopic (exact) mass is 309 g/mol. The second kappa shape index (κ2) is 5.53. The zero-order valence-corrected chi connectivity index (χ0v) is 12.3. The molecular weight excluding hydrogens is 298 g/mol. The van der Waals surface area contributed by atoms with Crippen LogP contribution in [0, 0.1) is 0 Å². The summed E-state index contributed by atoms with van der Waals surface area (Å²) in [6.07, 6.45) is 1.63. The second-order valence-corrected chi connectivity index (χ2v) is 5.58. The van der Waals surface area contributed by atoms with E-state index >= 15 is 0 Å². The molecule has 0 aliphatic rings. The summed E-state index contributed by atoms with van der Waals surface area (Å²) in [5, 5.41) is 14.5. The van der Waals surface area contributed by atoms with Crippen LogP contribution in [0.2, 0.25) is 0 Å². The summed E-state index contributed by atoms with van der Waals surface area (Å²) in [5.74, 6) is 1.22. The Hall–Kier alpha value is -2.80. The van der Waals surface area contributed by atoms with Crippen molar-refractivity contribution in [3.05, 3.63) is 59.8 Å². The van der Waals surface area contributed by atoms with Crippen molar-refractivity contribution in [1.29, 1.82) is 0 Å². The van der Waals surface area contributed by atoms with Crippen molar-refractivity contribution >= 4 is 11.3 Å². The van der Waals surface area contributed by atoms with Gasteiger partial charge < -0.3 is 4.42 Å². The highest BCUT2D eigenvalue weighted by atomic mass is 32.1. The zero-order valence-electron chi connectivity index (χ0n) is 11.5. The zero-order chi connectivity index (χ0) is 14.8. The molecule has 0 saturated carbocycles. The number of aromatic nitrogens is 5. The molecule has 0 bridgehead atoms. The van der Waals surface area contributed by atoms with Crippen LogP contribution in [0.3, 0.4) is 0 Å². The summed E-state index contributed by atoms with van der Waals surface area (Å²) < 4.78 is 5.48. The highest BCUT2D eigenvalue weighted by molar-refractivity contribution is 7.13. The molecule has 4 aromatic rings. The molecule has 0 spiro atoms. The Bertz CT molecular complexity index is 866. The molecule has 3 heterocycles. The van der Waals surface area contributed by atoms with Crippen molar-refractivity contribution in [1.82, 2.24) is 25.2 Å². The first-order valence-corrected chi connectivity index (χ1v) is 7.58. The fourth-order valence-corrected chi connectivity index (χ4v) is 2.71. The fourth-order valence-electron chi connectivity index (χ4n) is 2.05. The van der Waals surface area contributed by atoms with Crippen molar-refractivity contribution in [3.8, 4) is 22.2 Å². The van der Waals surface area contributed by atoms with Crippen LogP contribution in [0.4, 0.5) is 0 Å². The van der Waals surface area contributed by atoms with Gasteiger partial charge in [0.1, 0.15) is 18.5 Å². The van der Waals surface area contributed by atoms with Gasteiger partial charge in [-0.2, -0.15) is 4.80 Å². The van der Waals surface area contributed by atoms with E-state index in [9.17, 15) is 0 Å². The third-order valence-electron chi connectivity index (χ3n) is 3.07. The molecule has 6 nitrogen and oxygen atoms in total. The molecule has 22 heavy (non-hydrogen) atoms. The Labute approximate surface area is 130 Å². The first kappa shape index (κ1) is 12.9. The standard InChI is InChI=1S/C15H11N5OS/c1-2-5-11(6-3-1)14-17-19-20(18-14)9-12-10-21-15(16-12)13-7-4-8-22-13/h1-8,10H,9H2. The predicted octanol–water partition coefficient (Wildman–Crippen LogP) is 3.10. The molecule has 0 saturated heterocycles. The van der Waals surface area contributed by atoms with Crippen LogP contribution in [-0.4, -0.2) is 25.2 Å². The minimum Gasteiger partial charge on any atom is -0.443 e. The Morgan fingerprint density at radius 1 is 1.09 bits per heavy atom. The first-order valence-electron chi connectivity index (χ1n) is 6.70. The molecule has 0 amide bonds. The van der Waals surface area contributed by atoms with E-state index in [0.717, 1.165) is 16.1 Å². The Morgan fingerprint density at radius 2 is 2.00 bits per heavy atom. The van der Waals surface area contributed by atoms with E-state index in [1.807, 2.05) is 47.8 Å². The maximum absolute atomic E-state index is 5.48. The smallest absolute Gasteiger partial charge is 0.236 e. The van der Waals surface area contributed by atoms with Crippen LogP contribution in [0.25, 0.3) is 22.2 Å². The lowest BCUT2D eigenvalue weighted by Crippen LogP contribution is -2.04. The molecule has 0 aliphatic heterocycles. The van der Waals surface area contributed by atoms with Crippen LogP contribution in [0.5, 0.6) is 0 Å². The van der Waals surface area contributed by atoms with Crippen LogP contribution in [0.15, 0.2) is 58.5 Å². The second-order valence-electron chi connectivity index (χ2n) is 4.63. The SMILES string of the molecule is c1ccc(-c2nnn(Cc3coc(-c4cccs4)n3)n2)cc1. The van der Waals surface area contributed by atoms with Gasteiger partial charge in [-0.1, -0.05) is 36.4 Å². The molecule has 0 aliphatic carbocycles. The summed E-state index contributed by atoms with van der Waals surface area (Å²) in [6.45, 7) is 0.425. The molecule has 0 radical (unpaired) electrons. The molecule has 0 fully saturated rings. The summed E-state index contributed by atoms with van der Waals surface area (Å²) in [7, 11) is 0. The van der Waals surface area contributed by atoms with Gasteiger partial charge in [0, 0.05) is 5.56 Å².